The summed E-state index contributed by atoms with van der Waals surface area (Å²) in [6, 6.07) is 9.12. The van der Waals surface area contributed by atoms with E-state index in [-0.39, 0.29) is 0 Å². The lowest BCUT2D eigenvalue weighted by Crippen LogP contribution is -2.04. The largest absolute Gasteiger partial charge is 0.316 e. The molecule has 0 amide bonds. The molecule has 0 radical (unpaired) electrons. The van der Waals surface area contributed by atoms with Crippen molar-refractivity contribution in [1.82, 2.24) is 5.32 Å². The van der Waals surface area contributed by atoms with Gasteiger partial charge in [-0.2, -0.15) is 0 Å². The van der Waals surface area contributed by atoms with Crippen LogP contribution >= 0.6 is 0 Å². The molecule has 0 unspecified atom stereocenters. The van der Waals surface area contributed by atoms with Crippen LogP contribution in [0.25, 0.3) is 0 Å². The van der Waals surface area contributed by atoms with Crippen LogP contribution in [-0.2, 0) is 6.54 Å². The third-order valence-corrected chi connectivity index (χ3v) is 3.19. The van der Waals surface area contributed by atoms with Gasteiger partial charge in [-0.05, 0) is 36.9 Å². The Morgan fingerprint density at radius 2 is 1.79 bits per heavy atom. The molecular formula is C13H19N. The molecule has 2 rings (SSSR count). The Balaban J connectivity index is 2.05. The first-order chi connectivity index (χ1) is 6.90. The molecule has 0 bridgehead atoms. The summed E-state index contributed by atoms with van der Waals surface area (Å²) in [5, 5.41) is 3.17. The molecule has 1 saturated carbocycles. The van der Waals surface area contributed by atoms with Gasteiger partial charge in [-0.3, -0.25) is 0 Å². The molecule has 14 heavy (non-hydrogen) atoms. The SMILES string of the molecule is CNCc1ccc(C2CCCC2)cc1. The van der Waals surface area contributed by atoms with Gasteiger partial charge in [0.25, 0.3) is 0 Å². The fourth-order valence-electron chi connectivity index (χ4n) is 2.37. The van der Waals surface area contributed by atoms with Gasteiger partial charge in [0.1, 0.15) is 0 Å². The van der Waals surface area contributed by atoms with Gasteiger partial charge in [-0.25, -0.2) is 0 Å². The number of hydrogen-bond acceptors (Lipinski definition) is 1. The molecule has 76 valence electrons. The summed E-state index contributed by atoms with van der Waals surface area (Å²) in [6.07, 6.45) is 5.63. The lowest BCUT2D eigenvalue weighted by Gasteiger charge is -2.09. The van der Waals surface area contributed by atoms with Crippen molar-refractivity contribution in [2.75, 3.05) is 7.05 Å². The molecule has 0 atom stereocenters. The van der Waals surface area contributed by atoms with E-state index in [1.54, 1.807) is 5.56 Å². The minimum Gasteiger partial charge on any atom is -0.316 e. The molecular weight excluding hydrogens is 170 g/mol. The zero-order chi connectivity index (χ0) is 9.80. The topological polar surface area (TPSA) is 12.0 Å². The van der Waals surface area contributed by atoms with Crippen LogP contribution in [0.15, 0.2) is 24.3 Å². The standard InChI is InChI=1S/C13H19N/c1-14-10-11-6-8-13(9-7-11)12-4-2-3-5-12/h6-9,12,14H,2-5,10H2,1H3. The predicted octanol–water partition coefficient (Wildman–Crippen LogP) is 3.06. The molecule has 1 aliphatic rings. The molecule has 1 heteroatoms. The van der Waals surface area contributed by atoms with Crippen LogP contribution in [0, 0.1) is 0 Å². The van der Waals surface area contributed by atoms with E-state index in [9.17, 15) is 0 Å². The summed E-state index contributed by atoms with van der Waals surface area (Å²) >= 11 is 0. The second-order valence-electron chi connectivity index (χ2n) is 4.25. The van der Waals surface area contributed by atoms with Gasteiger partial charge in [0.2, 0.25) is 0 Å². The van der Waals surface area contributed by atoms with E-state index in [2.05, 4.69) is 29.6 Å². The van der Waals surface area contributed by atoms with E-state index in [1.807, 2.05) is 7.05 Å². The van der Waals surface area contributed by atoms with Crippen LogP contribution in [-0.4, -0.2) is 7.05 Å². The maximum absolute atomic E-state index is 3.17. The second kappa shape index (κ2) is 4.61. The Hall–Kier alpha value is -0.820. The van der Waals surface area contributed by atoms with Gasteiger partial charge in [-0.1, -0.05) is 37.1 Å². The zero-order valence-corrected chi connectivity index (χ0v) is 8.92. The molecule has 1 fully saturated rings. The van der Waals surface area contributed by atoms with Crippen LogP contribution in [0.1, 0.15) is 42.7 Å². The molecule has 0 saturated heterocycles. The van der Waals surface area contributed by atoms with Gasteiger partial charge >= 0.3 is 0 Å². The summed E-state index contributed by atoms with van der Waals surface area (Å²) in [4.78, 5) is 0. The summed E-state index contributed by atoms with van der Waals surface area (Å²) in [6.45, 7) is 0.977. The summed E-state index contributed by atoms with van der Waals surface area (Å²) in [7, 11) is 1.99. The average molecular weight is 189 g/mol. The Labute approximate surface area is 86.5 Å². The van der Waals surface area contributed by atoms with E-state index in [4.69, 9.17) is 0 Å². The maximum Gasteiger partial charge on any atom is 0.0202 e. The van der Waals surface area contributed by atoms with Crippen LogP contribution in [0.2, 0.25) is 0 Å². The van der Waals surface area contributed by atoms with Crippen molar-refractivity contribution in [2.24, 2.45) is 0 Å². The van der Waals surface area contributed by atoms with Crippen LogP contribution in [0.4, 0.5) is 0 Å². The monoisotopic (exact) mass is 189 g/mol. The third kappa shape index (κ3) is 2.16. The number of rotatable bonds is 3. The highest BCUT2D eigenvalue weighted by atomic mass is 14.8. The molecule has 0 aliphatic heterocycles. The van der Waals surface area contributed by atoms with Gasteiger partial charge in [0, 0.05) is 6.54 Å². The molecule has 1 nitrogen and oxygen atoms in total. The van der Waals surface area contributed by atoms with E-state index in [1.165, 1.54) is 31.2 Å². The van der Waals surface area contributed by atoms with E-state index < -0.39 is 0 Å². The number of hydrogen-bond donors (Lipinski definition) is 1. The second-order valence-corrected chi connectivity index (χ2v) is 4.25. The smallest absolute Gasteiger partial charge is 0.0202 e. The lowest BCUT2D eigenvalue weighted by atomic mass is 9.97. The quantitative estimate of drug-likeness (QED) is 0.770. The first-order valence-electron chi connectivity index (χ1n) is 5.63. The lowest BCUT2D eigenvalue weighted by molar-refractivity contribution is 0.721. The summed E-state index contributed by atoms with van der Waals surface area (Å²) in [5.74, 6) is 0.846. The highest BCUT2D eigenvalue weighted by molar-refractivity contribution is 5.25. The van der Waals surface area contributed by atoms with Gasteiger partial charge < -0.3 is 5.32 Å². The first kappa shape index (κ1) is 9.72. The summed E-state index contributed by atoms with van der Waals surface area (Å²) in [5.41, 5.74) is 2.93. The van der Waals surface area contributed by atoms with Crippen LogP contribution in [0.5, 0.6) is 0 Å². The Bertz CT molecular complexity index is 270. The van der Waals surface area contributed by atoms with Crippen LogP contribution < -0.4 is 5.32 Å². The third-order valence-electron chi connectivity index (χ3n) is 3.19. The Morgan fingerprint density at radius 3 is 2.36 bits per heavy atom. The van der Waals surface area contributed by atoms with Gasteiger partial charge in [0.05, 0.1) is 0 Å². The minimum atomic E-state index is 0.846. The number of nitrogens with one attached hydrogen (secondary N) is 1. The first-order valence-corrected chi connectivity index (χ1v) is 5.63. The average Bonchev–Trinajstić information content (AvgIpc) is 2.72. The molecule has 1 N–H and O–H groups in total. The van der Waals surface area contributed by atoms with Crippen molar-refractivity contribution in [2.45, 2.75) is 38.1 Å². The maximum atomic E-state index is 3.17. The molecule has 1 aromatic rings. The van der Waals surface area contributed by atoms with E-state index in [0.717, 1.165) is 12.5 Å². The molecule has 0 aromatic heterocycles. The van der Waals surface area contributed by atoms with Gasteiger partial charge in [-0.15, -0.1) is 0 Å². The highest BCUT2D eigenvalue weighted by Gasteiger charge is 2.16. The van der Waals surface area contributed by atoms with Crippen molar-refractivity contribution in [3.05, 3.63) is 35.4 Å². The molecule has 1 aliphatic carbocycles. The van der Waals surface area contributed by atoms with Crippen molar-refractivity contribution >= 4 is 0 Å². The van der Waals surface area contributed by atoms with Gasteiger partial charge in [0.15, 0.2) is 0 Å². The van der Waals surface area contributed by atoms with E-state index >= 15 is 0 Å². The van der Waals surface area contributed by atoms with Crippen molar-refractivity contribution in [3.63, 3.8) is 0 Å². The van der Waals surface area contributed by atoms with Crippen molar-refractivity contribution < 1.29 is 0 Å². The fraction of sp³-hybridized carbons (Fsp3) is 0.538. The Kier molecular flexibility index (Phi) is 3.20. The predicted molar refractivity (Wildman–Crippen MR) is 60.4 cm³/mol. The Morgan fingerprint density at radius 1 is 1.14 bits per heavy atom. The normalized spacial score (nSPS) is 17.5. The molecule has 1 aromatic carbocycles. The van der Waals surface area contributed by atoms with Crippen LogP contribution in [0.3, 0.4) is 0 Å². The highest BCUT2D eigenvalue weighted by Crippen LogP contribution is 2.33. The fourth-order valence-corrected chi connectivity index (χ4v) is 2.37. The number of benzene rings is 1. The zero-order valence-electron chi connectivity index (χ0n) is 8.92. The minimum absolute atomic E-state index is 0.846. The van der Waals surface area contributed by atoms with Crippen molar-refractivity contribution in [1.29, 1.82) is 0 Å². The molecule has 0 spiro atoms. The summed E-state index contributed by atoms with van der Waals surface area (Å²) < 4.78 is 0. The molecule has 0 heterocycles. The van der Waals surface area contributed by atoms with Crippen molar-refractivity contribution in [3.8, 4) is 0 Å². The van der Waals surface area contributed by atoms with E-state index in [0.29, 0.717) is 0 Å².